The first kappa shape index (κ1) is 16.5. The van der Waals surface area contributed by atoms with Crippen LogP contribution in [0.15, 0.2) is 24.3 Å². The van der Waals surface area contributed by atoms with Gasteiger partial charge in [-0.3, -0.25) is 4.79 Å². The molecule has 20 heavy (non-hydrogen) atoms. The van der Waals surface area contributed by atoms with Gasteiger partial charge in [0, 0.05) is 6.04 Å². The Kier molecular flexibility index (Phi) is 5.98. The molecular formula is C15H23NO4. The summed E-state index contributed by atoms with van der Waals surface area (Å²) < 4.78 is 9.65. The van der Waals surface area contributed by atoms with Crippen LogP contribution < -0.4 is 10.5 Å². The van der Waals surface area contributed by atoms with Gasteiger partial charge >= 0.3 is 5.97 Å². The molecule has 112 valence electrons. The van der Waals surface area contributed by atoms with Gasteiger partial charge in [-0.2, -0.15) is 0 Å². The van der Waals surface area contributed by atoms with Crippen molar-refractivity contribution in [3.05, 3.63) is 29.8 Å². The van der Waals surface area contributed by atoms with Gasteiger partial charge in [0.2, 0.25) is 0 Å². The quantitative estimate of drug-likeness (QED) is 0.741. The summed E-state index contributed by atoms with van der Waals surface area (Å²) in [5, 5.41) is 10.5. The maximum absolute atomic E-state index is 11.1. The number of carbonyl (C=O) groups is 1. The lowest BCUT2D eigenvalue weighted by molar-refractivity contribution is -0.141. The summed E-state index contributed by atoms with van der Waals surface area (Å²) in [4.78, 5) is 11.1. The minimum Gasteiger partial charge on any atom is -0.497 e. The minimum atomic E-state index is -0.986. The van der Waals surface area contributed by atoms with E-state index >= 15 is 0 Å². The van der Waals surface area contributed by atoms with Crippen LogP contribution in [0.5, 0.6) is 5.75 Å². The second-order valence-corrected chi connectivity index (χ2v) is 5.08. The summed E-state index contributed by atoms with van der Waals surface area (Å²) in [6.07, 6.45) is 1.17. The Balaban J connectivity index is 2.57. The highest BCUT2D eigenvalue weighted by Gasteiger charge is 2.24. The molecule has 0 radical (unpaired) electrons. The largest absolute Gasteiger partial charge is 0.497 e. The molecule has 2 unspecified atom stereocenters. The fraction of sp³-hybridized carbons (Fsp3) is 0.533. The number of methoxy groups -OCH3 is 2. The molecule has 0 saturated heterocycles. The van der Waals surface area contributed by atoms with E-state index in [0.29, 0.717) is 12.8 Å². The lowest BCUT2D eigenvalue weighted by Crippen LogP contribution is -2.29. The first-order valence-corrected chi connectivity index (χ1v) is 6.58. The summed E-state index contributed by atoms with van der Waals surface area (Å²) in [7, 11) is 2.93. The zero-order chi connectivity index (χ0) is 15.2. The van der Waals surface area contributed by atoms with E-state index in [4.69, 9.17) is 10.5 Å². The predicted octanol–water partition coefficient (Wildman–Crippen LogP) is 1.57. The van der Waals surface area contributed by atoms with E-state index in [1.54, 1.807) is 26.2 Å². The average molecular weight is 281 g/mol. The number of hydrogen-bond donors (Lipinski definition) is 2. The van der Waals surface area contributed by atoms with E-state index in [2.05, 4.69) is 4.74 Å². The molecule has 0 spiro atoms. The maximum atomic E-state index is 11.1. The Morgan fingerprint density at radius 1 is 1.35 bits per heavy atom. The van der Waals surface area contributed by atoms with E-state index in [1.165, 1.54) is 7.11 Å². The van der Waals surface area contributed by atoms with Crippen molar-refractivity contribution in [3.63, 3.8) is 0 Å². The molecule has 1 rings (SSSR count). The van der Waals surface area contributed by atoms with Gasteiger partial charge in [0.25, 0.3) is 0 Å². The van der Waals surface area contributed by atoms with Crippen LogP contribution in [0.1, 0.15) is 31.7 Å². The van der Waals surface area contributed by atoms with Gasteiger partial charge in [-0.05, 0) is 37.5 Å². The van der Waals surface area contributed by atoms with Gasteiger partial charge in [-0.1, -0.05) is 12.1 Å². The molecule has 0 aliphatic carbocycles. The number of esters is 1. The highest BCUT2D eigenvalue weighted by molar-refractivity contribution is 5.69. The molecule has 0 aliphatic rings. The van der Waals surface area contributed by atoms with Crippen LogP contribution >= 0.6 is 0 Å². The Labute approximate surface area is 119 Å². The van der Waals surface area contributed by atoms with E-state index in [1.807, 2.05) is 12.1 Å². The molecule has 0 fully saturated rings. The third kappa shape index (κ3) is 4.83. The molecule has 0 heterocycles. The third-order valence-electron chi connectivity index (χ3n) is 3.37. The van der Waals surface area contributed by atoms with Crippen molar-refractivity contribution >= 4 is 5.97 Å². The van der Waals surface area contributed by atoms with E-state index < -0.39 is 5.60 Å². The van der Waals surface area contributed by atoms with Crippen LogP contribution in [-0.4, -0.2) is 31.3 Å². The lowest BCUT2D eigenvalue weighted by Gasteiger charge is -2.25. The van der Waals surface area contributed by atoms with Gasteiger partial charge in [0.05, 0.1) is 26.2 Å². The molecule has 1 aromatic rings. The van der Waals surface area contributed by atoms with Crippen molar-refractivity contribution in [2.45, 2.75) is 37.8 Å². The number of hydrogen-bond acceptors (Lipinski definition) is 5. The highest BCUT2D eigenvalue weighted by Crippen LogP contribution is 2.28. The lowest BCUT2D eigenvalue weighted by atomic mass is 9.89. The van der Waals surface area contributed by atoms with Crippen LogP contribution in [0.3, 0.4) is 0 Å². The number of carbonyl (C=O) groups excluding carboxylic acids is 1. The summed E-state index contributed by atoms with van der Waals surface area (Å²) in [6, 6.07) is 6.94. The van der Waals surface area contributed by atoms with E-state index in [-0.39, 0.29) is 18.4 Å². The van der Waals surface area contributed by atoms with Crippen molar-refractivity contribution < 1.29 is 19.4 Å². The normalized spacial score (nSPS) is 15.2. The minimum absolute atomic E-state index is 0.162. The van der Waals surface area contributed by atoms with Crippen LogP contribution in [-0.2, 0) is 15.1 Å². The van der Waals surface area contributed by atoms with Crippen molar-refractivity contribution in [3.8, 4) is 5.75 Å². The Morgan fingerprint density at radius 3 is 2.45 bits per heavy atom. The Bertz CT molecular complexity index is 428. The summed E-state index contributed by atoms with van der Waals surface area (Å²) >= 11 is 0. The molecule has 0 aromatic heterocycles. The van der Waals surface area contributed by atoms with Crippen molar-refractivity contribution in [2.75, 3.05) is 14.2 Å². The second-order valence-electron chi connectivity index (χ2n) is 5.08. The molecule has 2 atom stereocenters. The smallest absolute Gasteiger partial charge is 0.307 e. The summed E-state index contributed by atoms with van der Waals surface area (Å²) in [6.45, 7) is 1.74. The maximum Gasteiger partial charge on any atom is 0.307 e. The topological polar surface area (TPSA) is 81.8 Å². The Morgan fingerprint density at radius 2 is 1.95 bits per heavy atom. The van der Waals surface area contributed by atoms with Gasteiger partial charge in [0.1, 0.15) is 5.75 Å². The molecule has 3 N–H and O–H groups in total. The number of aliphatic hydroxyl groups is 1. The van der Waals surface area contributed by atoms with Crippen LogP contribution in [0, 0.1) is 0 Å². The number of benzene rings is 1. The molecule has 0 saturated carbocycles. The van der Waals surface area contributed by atoms with E-state index in [9.17, 15) is 9.90 Å². The number of ether oxygens (including phenoxy) is 2. The zero-order valence-corrected chi connectivity index (χ0v) is 12.3. The zero-order valence-electron chi connectivity index (χ0n) is 12.3. The Hall–Kier alpha value is -1.59. The van der Waals surface area contributed by atoms with Gasteiger partial charge in [-0.15, -0.1) is 0 Å². The van der Waals surface area contributed by atoms with Crippen molar-refractivity contribution in [1.29, 1.82) is 0 Å². The average Bonchev–Trinajstić information content (AvgIpc) is 2.45. The van der Waals surface area contributed by atoms with Crippen LogP contribution in [0.25, 0.3) is 0 Å². The number of rotatable bonds is 7. The molecule has 5 nitrogen and oxygen atoms in total. The second kappa shape index (κ2) is 7.26. The monoisotopic (exact) mass is 281 g/mol. The first-order chi connectivity index (χ1) is 9.39. The molecular weight excluding hydrogens is 258 g/mol. The highest BCUT2D eigenvalue weighted by atomic mass is 16.5. The summed E-state index contributed by atoms with van der Waals surface area (Å²) in [5.74, 6) is 0.411. The predicted molar refractivity (Wildman–Crippen MR) is 76.4 cm³/mol. The van der Waals surface area contributed by atoms with E-state index in [0.717, 1.165) is 11.3 Å². The standard InChI is InChI=1S/C15H23NO4/c1-15(18,9-8-12(16)10-14(17)20-3)11-4-6-13(19-2)7-5-11/h4-7,12,18H,8-10,16H2,1-3H3. The fourth-order valence-electron chi connectivity index (χ4n) is 1.96. The SMILES string of the molecule is COC(=O)CC(N)CCC(C)(O)c1ccc(OC)cc1. The van der Waals surface area contributed by atoms with Crippen molar-refractivity contribution in [1.82, 2.24) is 0 Å². The van der Waals surface area contributed by atoms with Crippen LogP contribution in [0.2, 0.25) is 0 Å². The molecule has 0 amide bonds. The van der Waals surface area contributed by atoms with Crippen LogP contribution in [0.4, 0.5) is 0 Å². The van der Waals surface area contributed by atoms with Gasteiger partial charge in [0.15, 0.2) is 0 Å². The van der Waals surface area contributed by atoms with Gasteiger partial charge < -0.3 is 20.3 Å². The molecule has 0 aliphatic heterocycles. The molecule has 0 bridgehead atoms. The summed E-state index contributed by atoms with van der Waals surface area (Å²) in [5.41, 5.74) is 5.66. The first-order valence-electron chi connectivity index (χ1n) is 6.58. The van der Waals surface area contributed by atoms with Crippen molar-refractivity contribution in [2.24, 2.45) is 5.73 Å². The molecule has 1 aromatic carbocycles. The third-order valence-corrected chi connectivity index (χ3v) is 3.37. The molecule has 5 heteroatoms. The fourth-order valence-corrected chi connectivity index (χ4v) is 1.96. The van der Waals surface area contributed by atoms with Gasteiger partial charge in [-0.25, -0.2) is 0 Å². The number of nitrogens with two attached hydrogens (primary N) is 1.